The van der Waals surface area contributed by atoms with Crippen LogP contribution < -0.4 is 9.62 Å². The van der Waals surface area contributed by atoms with Gasteiger partial charge in [-0.25, -0.2) is 8.42 Å². The number of sulfonamides is 1. The van der Waals surface area contributed by atoms with Crippen molar-refractivity contribution in [2.75, 3.05) is 15.9 Å². The molecule has 0 bridgehead atoms. The van der Waals surface area contributed by atoms with Crippen molar-refractivity contribution in [3.8, 4) is 0 Å². The summed E-state index contributed by atoms with van der Waals surface area (Å²) >= 11 is 0. The SMILES string of the molecule is Cc1ccc(N([C@H](C)C(=O)Nc2cc(C)cc(C)c2)S(C)(=O)=O)cc1. The third kappa shape index (κ3) is 4.82. The van der Waals surface area contributed by atoms with E-state index in [-0.39, 0.29) is 5.91 Å². The lowest BCUT2D eigenvalue weighted by atomic mass is 10.1. The number of carbonyl (C=O) groups is 1. The molecule has 0 fully saturated rings. The Labute approximate surface area is 149 Å². The van der Waals surface area contributed by atoms with Crippen LogP contribution in [0.2, 0.25) is 0 Å². The Bertz CT molecular complexity index is 854. The number of nitrogens with one attached hydrogen (secondary N) is 1. The van der Waals surface area contributed by atoms with Gasteiger partial charge in [0.05, 0.1) is 11.9 Å². The first-order valence-electron chi connectivity index (χ1n) is 8.03. The van der Waals surface area contributed by atoms with Crippen LogP contribution >= 0.6 is 0 Å². The van der Waals surface area contributed by atoms with Crippen LogP contribution in [0.15, 0.2) is 42.5 Å². The van der Waals surface area contributed by atoms with E-state index in [9.17, 15) is 13.2 Å². The molecule has 0 aliphatic rings. The fraction of sp³-hybridized carbons (Fsp3) is 0.316. The van der Waals surface area contributed by atoms with Crippen LogP contribution in [0.5, 0.6) is 0 Å². The molecule has 2 aromatic rings. The molecule has 0 aromatic heterocycles. The zero-order chi connectivity index (χ0) is 18.8. The smallest absolute Gasteiger partial charge is 0.247 e. The van der Waals surface area contributed by atoms with Crippen LogP contribution in [-0.2, 0) is 14.8 Å². The van der Waals surface area contributed by atoms with E-state index in [1.807, 2.05) is 51.1 Å². The molecule has 0 spiro atoms. The van der Waals surface area contributed by atoms with Gasteiger partial charge in [0.15, 0.2) is 0 Å². The molecule has 0 saturated carbocycles. The van der Waals surface area contributed by atoms with E-state index in [1.54, 1.807) is 19.1 Å². The second-order valence-electron chi connectivity index (χ2n) is 6.44. The number of nitrogens with zero attached hydrogens (tertiary/aromatic N) is 1. The molecule has 2 rings (SSSR count). The predicted octanol–water partition coefficient (Wildman–Crippen LogP) is 3.41. The average Bonchev–Trinajstić information content (AvgIpc) is 2.47. The predicted molar refractivity (Wildman–Crippen MR) is 103 cm³/mol. The number of benzene rings is 2. The Balaban J connectivity index is 2.31. The van der Waals surface area contributed by atoms with Crippen LogP contribution in [0.3, 0.4) is 0 Å². The highest BCUT2D eigenvalue weighted by atomic mass is 32.2. The van der Waals surface area contributed by atoms with Crippen molar-refractivity contribution in [1.29, 1.82) is 0 Å². The Kier molecular flexibility index (Phi) is 5.52. The van der Waals surface area contributed by atoms with E-state index in [4.69, 9.17) is 0 Å². The minimum atomic E-state index is -3.61. The summed E-state index contributed by atoms with van der Waals surface area (Å²) in [6.45, 7) is 7.39. The van der Waals surface area contributed by atoms with Crippen LogP contribution in [0, 0.1) is 20.8 Å². The molecule has 0 unspecified atom stereocenters. The lowest BCUT2D eigenvalue weighted by Gasteiger charge is -2.28. The lowest BCUT2D eigenvalue weighted by Crippen LogP contribution is -2.45. The molecule has 0 saturated heterocycles. The summed E-state index contributed by atoms with van der Waals surface area (Å²) in [6.07, 6.45) is 1.10. The van der Waals surface area contributed by atoms with Crippen molar-refractivity contribution in [2.24, 2.45) is 0 Å². The average molecular weight is 360 g/mol. The van der Waals surface area contributed by atoms with Gasteiger partial charge in [0.1, 0.15) is 6.04 Å². The first kappa shape index (κ1) is 19.0. The van der Waals surface area contributed by atoms with Crippen molar-refractivity contribution in [1.82, 2.24) is 0 Å². The van der Waals surface area contributed by atoms with Gasteiger partial charge in [-0.2, -0.15) is 0 Å². The molecule has 1 atom stereocenters. The largest absolute Gasteiger partial charge is 0.324 e. The molecule has 0 radical (unpaired) electrons. The first-order chi connectivity index (χ1) is 11.6. The number of hydrogen-bond acceptors (Lipinski definition) is 3. The normalized spacial score (nSPS) is 12.5. The van der Waals surface area contributed by atoms with Gasteiger partial charge < -0.3 is 5.32 Å². The molecule has 0 aliphatic heterocycles. The molecule has 1 N–H and O–H groups in total. The Hall–Kier alpha value is -2.34. The quantitative estimate of drug-likeness (QED) is 0.888. The molecule has 0 aliphatic carbocycles. The molecule has 1 amide bonds. The molecular formula is C19H24N2O3S. The van der Waals surface area contributed by atoms with Gasteiger partial charge in [-0.3, -0.25) is 9.10 Å². The second-order valence-corrected chi connectivity index (χ2v) is 8.30. The second kappa shape index (κ2) is 7.27. The van der Waals surface area contributed by atoms with E-state index < -0.39 is 16.1 Å². The van der Waals surface area contributed by atoms with Crippen molar-refractivity contribution >= 4 is 27.3 Å². The van der Waals surface area contributed by atoms with E-state index in [0.29, 0.717) is 11.4 Å². The fourth-order valence-electron chi connectivity index (χ4n) is 2.79. The Morgan fingerprint density at radius 2 is 1.48 bits per heavy atom. The Morgan fingerprint density at radius 3 is 1.96 bits per heavy atom. The van der Waals surface area contributed by atoms with Crippen molar-refractivity contribution in [3.05, 3.63) is 59.2 Å². The topological polar surface area (TPSA) is 66.5 Å². The summed E-state index contributed by atoms with van der Waals surface area (Å²) in [5.74, 6) is -0.379. The third-order valence-electron chi connectivity index (χ3n) is 3.87. The van der Waals surface area contributed by atoms with Crippen LogP contribution in [-0.4, -0.2) is 26.6 Å². The van der Waals surface area contributed by atoms with Crippen LogP contribution in [0.4, 0.5) is 11.4 Å². The fourth-order valence-corrected chi connectivity index (χ4v) is 3.97. The van der Waals surface area contributed by atoms with E-state index in [1.165, 1.54) is 0 Å². The number of amides is 1. The van der Waals surface area contributed by atoms with Gasteiger partial charge in [-0.15, -0.1) is 0 Å². The van der Waals surface area contributed by atoms with Gasteiger partial charge >= 0.3 is 0 Å². The van der Waals surface area contributed by atoms with Crippen molar-refractivity contribution in [2.45, 2.75) is 33.7 Å². The highest BCUT2D eigenvalue weighted by Crippen LogP contribution is 2.22. The number of anilines is 2. The molecule has 25 heavy (non-hydrogen) atoms. The summed E-state index contributed by atoms with van der Waals surface area (Å²) in [5, 5.41) is 2.81. The molecule has 5 nitrogen and oxygen atoms in total. The van der Waals surface area contributed by atoms with E-state index in [2.05, 4.69) is 5.32 Å². The first-order valence-corrected chi connectivity index (χ1v) is 9.88. The molecule has 6 heteroatoms. The maximum absolute atomic E-state index is 12.6. The summed E-state index contributed by atoms with van der Waals surface area (Å²) in [4.78, 5) is 12.6. The molecule has 0 heterocycles. The van der Waals surface area contributed by atoms with E-state index in [0.717, 1.165) is 27.3 Å². The monoisotopic (exact) mass is 360 g/mol. The highest BCUT2D eigenvalue weighted by molar-refractivity contribution is 7.92. The number of hydrogen-bond donors (Lipinski definition) is 1. The molecule has 134 valence electrons. The zero-order valence-electron chi connectivity index (χ0n) is 15.2. The Morgan fingerprint density at radius 1 is 0.960 bits per heavy atom. The van der Waals surface area contributed by atoms with Crippen molar-refractivity contribution in [3.63, 3.8) is 0 Å². The maximum Gasteiger partial charge on any atom is 0.247 e. The standard InChI is InChI=1S/C19H24N2O3S/c1-13-6-8-18(9-7-13)21(25(5,23)24)16(4)19(22)20-17-11-14(2)10-15(3)12-17/h6-12,16H,1-5H3,(H,20,22)/t16-/m1/s1. The van der Waals surface area contributed by atoms with Crippen LogP contribution in [0.1, 0.15) is 23.6 Å². The third-order valence-corrected chi connectivity index (χ3v) is 5.11. The minimum absolute atomic E-state index is 0.379. The van der Waals surface area contributed by atoms with Crippen molar-refractivity contribution < 1.29 is 13.2 Å². The number of rotatable bonds is 5. The van der Waals surface area contributed by atoms with Gasteiger partial charge in [0, 0.05) is 5.69 Å². The lowest BCUT2D eigenvalue weighted by molar-refractivity contribution is -0.116. The summed E-state index contributed by atoms with van der Waals surface area (Å²) in [5.41, 5.74) is 4.20. The summed E-state index contributed by atoms with van der Waals surface area (Å²) < 4.78 is 25.7. The zero-order valence-corrected chi connectivity index (χ0v) is 16.0. The van der Waals surface area contributed by atoms with Gasteiger partial charge in [-0.05, 0) is 63.1 Å². The number of carbonyl (C=O) groups excluding carboxylic acids is 1. The minimum Gasteiger partial charge on any atom is -0.324 e. The maximum atomic E-state index is 12.6. The van der Waals surface area contributed by atoms with Gasteiger partial charge in [-0.1, -0.05) is 23.8 Å². The highest BCUT2D eigenvalue weighted by Gasteiger charge is 2.29. The van der Waals surface area contributed by atoms with Gasteiger partial charge in [0.2, 0.25) is 15.9 Å². The summed E-state index contributed by atoms with van der Waals surface area (Å²) in [6, 6.07) is 11.9. The van der Waals surface area contributed by atoms with E-state index >= 15 is 0 Å². The number of aryl methyl sites for hydroxylation is 3. The molecule has 2 aromatic carbocycles. The molecular weight excluding hydrogens is 336 g/mol. The summed E-state index contributed by atoms with van der Waals surface area (Å²) in [7, 11) is -3.61. The van der Waals surface area contributed by atoms with Gasteiger partial charge in [0.25, 0.3) is 0 Å². The van der Waals surface area contributed by atoms with Crippen LogP contribution in [0.25, 0.3) is 0 Å².